The monoisotopic (exact) mass is 330 g/mol. The van der Waals surface area contributed by atoms with Gasteiger partial charge in [-0.3, -0.25) is 4.79 Å². The summed E-state index contributed by atoms with van der Waals surface area (Å²) in [5, 5.41) is 11.0. The molecule has 0 unspecified atom stereocenters. The highest BCUT2D eigenvalue weighted by Gasteiger charge is 2.34. The Hall–Kier alpha value is -1.91. The van der Waals surface area contributed by atoms with Crippen molar-refractivity contribution < 1.29 is 9.90 Å². The Balaban J connectivity index is 1.64. The number of rotatable bonds is 3. The first-order valence-electron chi connectivity index (χ1n) is 7.73. The number of aromatic nitrogens is 1. The van der Waals surface area contributed by atoms with E-state index < -0.39 is 5.60 Å². The van der Waals surface area contributed by atoms with E-state index in [0.29, 0.717) is 37.9 Å². The van der Waals surface area contributed by atoms with Gasteiger partial charge in [-0.15, -0.1) is 0 Å². The maximum atomic E-state index is 12.5. The van der Waals surface area contributed by atoms with Gasteiger partial charge in [-0.05, 0) is 30.5 Å². The largest absolute Gasteiger partial charge is 0.389 e. The highest BCUT2D eigenvalue weighted by Crippen LogP contribution is 2.27. The van der Waals surface area contributed by atoms with Crippen LogP contribution < -0.4 is 0 Å². The van der Waals surface area contributed by atoms with Gasteiger partial charge in [0.05, 0.1) is 11.2 Å². The molecule has 1 fully saturated rings. The molecule has 2 aromatic rings. The van der Waals surface area contributed by atoms with Gasteiger partial charge in [0.2, 0.25) is 0 Å². The third-order valence-corrected chi connectivity index (χ3v) is 4.65. The zero-order chi connectivity index (χ0) is 16.3. The second-order valence-electron chi connectivity index (χ2n) is 6.02. The van der Waals surface area contributed by atoms with Gasteiger partial charge in [-0.25, -0.2) is 4.98 Å². The fourth-order valence-corrected chi connectivity index (χ4v) is 3.19. The Labute approximate surface area is 140 Å². The van der Waals surface area contributed by atoms with Crippen molar-refractivity contribution >= 4 is 17.5 Å². The highest BCUT2D eigenvalue weighted by atomic mass is 35.5. The van der Waals surface area contributed by atoms with Crippen LogP contribution in [0.15, 0.2) is 48.7 Å². The quantitative estimate of drug-likeness (QED) is 0.880. The minimum Gasteiger partial charge on any atom is -0.389 e. The molecule has 4 nitrogen and oxygen atoms in total. The summed E-state index contributed by atoms with van der Waals surface area (Å²) in [5.74, 6) is -0.120. The van der Waals surface area contributed by atoms with Gasteiger partial charge >= 0.3 is 0 Å². The molecule has 1 aliphatic rings. The summed E-state index contributed by atoms with van der Waals surface area (Å²) in [7, 11) is 0. The number of carbonyl (C=O) groups is 1. The molecule has 0 bridgehead atoms. The molecule has 120 valence electrons. The standard InChI is InChI=1S/C18H19ClN2O2/c19-16-15(7-4-10-20-16)17(22)21-11-8-18(23,9-12-21)13-14-5-2-1-3-6-14/h1-7,10,23H,8-9,11-13H2. The second kappa shape index (κ2) is 6.69. The number of hydrogen-bond acceptors (Lipinski definition) is 3. The topological polar surface area (TPSA) is 53.4 Å². The van der Waals surface area contributed by atoms with Crippen molar-refractivity contribution in [2.24, 2.45) is 0 Å². The number of hydrogen-bond donors (Lipinski definition) is 1. The van der Waals surface area contributed by atoms with E-state index >= 15 is 0 Å². The number of pyridine rings is 1. The molecule has 5 heteroatoms. The number of benzene rings is 1. The lowest BCUT2D eigenvalue weighted by Gasteiger charge is -2.38. The van der Waals surface area contributed by atoms with Crippen LogP contribution in [0, 0.1) is 0 Å². The molecule has 1 amide bonds. The summed E-state index contributed by atoms with van der Waals surface area (Å²) in [6.45, 7) is 1.04. The Bertz CT molecular complexity index is 682. The molecule has 0 spiro atoms. The van der Waals surface area contributed by atoms with E-state index in [1.165, 1.54) is 0 Å². The first-order chi connectivity index (χ1) is 11.1. The van der Waals surface area contributed by atoms with Crippen LogP contribution in [0.5, 0.6) is 0 Å². The van der Waals surface area contributed by atoms with Crippen LogP contribution >= 0.6 is 11.6 Å². The molecule has 0 radical (unpaired) electrons. The fraction of sp³-hybridized carbons (Fsp3) is 0.333. The lowest BCUT2D eigenvalue weighted by atomic mass is 9.85. The summed E-state index contributed by atoms with van der Waals surface area (Å²) < 4.78 is 0. The molecule has 1 aromatic heterocycles. The SMILES string of the molecule is O=C(c1cccnc1Cl)N1CCC(O)(Cc2ccccc2)CC1. The smallest absolute Gasteiger partial charge is 0.256 e. The molecule has 2 heterocycles. The third-order valence-electron chi connectivity index (χ3n) is 4.35. The predicted molar refractivity (Wildman–Crippen MR) is 89.5 cm³/mol. The minimum absolute atomic E-state index is 0.120. The van der Waals surface area contributed by atoms with Crippen LogP contribution in [-0.2, 0) is 6.42 Å². The first-order valence-corrected chi connectivity index (χ1v) is 8.11. The summed E-state index contributed by atoms with van der Waals surface area (Å²) in [6.07, 6.45) is 3.30. The molecule has 0 saturated carbocycles. The van der Waals surface area contributed by atoms with Gasteiger partial charge in [-0.1, -0.05) is 41.9 Å². The molecule has 1 aromatic carbocycles. The number of nitrogens with zero attached hydrogens (tertiary/aromatic N) is 2. The Kier molecular flexibility index (Phi) is 4.64. The number of aliphatic hydroxyl groups is 1. The van der Waals surface area contributed by atoms with Crippen molar-refractivity contribution in [2.75, 3.05) is 13.1 Å². The third kappa shape index (κ3) is 3.71. The Morgan fingerprint density at radius 1 is 1.17 bits per heavy atom. The zero-order valence-electron chi connectivity index (χ0n) is 12.8. The number of likely N-dealkylation sites (tertiary alicyclic amines) is 1. The Morgan fingerprint density at radius 2 is 1.87 bits per heavy atom. The number of halogens is 1. The van der Waals surface area contributed by atoms with E-state index in [9.17, 15) is 9.90 Å². The van der Waals surface area contributed by atoms with E-state index in [0.717, 1.165) is 5.56 Å². The van der Waals surface area contributed by atoms with Crippen LogP contribution in [0.2, 0.25) is 5.15 Å². The normalized spacial score (nSPS) is 17.0. The van der Waals surface area contributed by atoms with E-state index in [1.807, 2.05) is 30.3 Å². The van der Waals surface area contributed by atoms with Gasteiger partial charge < -0.3 is 10.0 Å². The van der Waals surface area contributed by atoms with Gasteiger partial charge in [0.1, 0.15) is 5.15 Å². The highest BCUT2D eigenvalue weighted by molar-refractivity contribution is 6.32. The van der Waals surface area contributed by atoms with Gasteiger partial charge in [-0.2, -0.15) is 0 Å². The number of carbonyl (C=O) groups excluding carboxylic acids is 1. The van der Waals surface area contributed by atoms with E-state index in [4.69, 9.17) is 11.6 Å². The molecular weight excluding hydrogens is 312 g/mol. The molecular formula is C18H19ClN2O2. The van der Waals surface area contributed by atoms with Crippen molar-refractivity contribution in [3.8, 4) is 0 Å². The predicted octanol–water partition coefficient (Wildman–Crippen LogP) is 2.94. The van der Waals surface area contributed by atoms with Crippen LogP contribution in [-0.4, -0.2) is 39.6 Å². The minimum atomic E-state index is -0.753. The number of piperidine rings is 1. The van der Waals surface area contributed by atoms with Crippen LogP contribution in [0.4, 0.5) is 0 Å². The van der Waals surface area contributed by atoms with Crippen molar-refractivity contribution in [3.05, 3.63) is 64.9 Å². The van der Waals surface area contributed by atoms with Crippen molar-refractivity contribution in [1.29, 1.82) is 0 Å². The van der Waals surface area contributed by atoms with Crippen LogP contribution in [0.3, 0.4) is 0 Å². The van der Waals surface area contributed by atoms with E-state index in [1.54, 1.807) is 23.2 Å². The van der Waals surface area contributed by atoms with Crippen LogP contribution in [0.1, 0.15) is 28.8 Å². The van der Waals surface area contributed by atoms with E-state index in [2.05, 4.69) is 4.98 Å². The van der Waals surface area contributed by atoms with Crippen molar-refractivity contribution in [3.63, 3.8) is 0 Å². The molecule has 23 heavy (non-hydrogen) atoms. The first kappa shape index (κ1) is 16.0. The summed E-state index contributed by atoms with van der Waals surface area (Å²) in [4.78, 5) is 18.2. The van der Waals surface area contributed by atoms with Crippen molar-refractivity contribution in [2.45, 2.75) is 24.9 Å². The second-order valence-corrected chi connectivity index (χ2v) is 6.38. The van der Waals surface area contributed by atoms with Crippen molar-refractivity contribution in [1.82, 2.24) is 9.88 Å². The molecule has 1 saturated heterocycles. The fourth-order valence-electron chi connectivity index (χ4n) is 2.99. The maximum Gasteiger partial charge on any atom is 0.256 e. The van der Waals surface area contributed by atoms with Gasteiger partial charge in [0, 0.05) is 25.7 Å². The molecule has 1 N–H and O–H groups in total. The molecule has 3 rings (SSSR count). The molecule has 1 aliphatic heterocycles. The lowest BCUT2D eigenvalue weighted by molar-refractivity contribution is -0.0162. The molecule has 0 atom stereocenters. The summed E-state index contributed by atoms with van der Waals surface area (Å²) in [6, 6.07) is 13.3. The zero-order valence-corrected chi connectivity index (χ0v) is 13.5. The average Bonchev–Trinajstić information content (AvgIpc) is 2.56. The van der Waals surface area contributed by atoms with Gasteiger partial charge in [0.15, 0.2) is 0 Å². The maximum absolute atomic E-state index is 12.5. The lowest BCUT2D eigenvalue weighted by Crippen LogP contribution is -2.47. The van der Waals surface area contributed by atoms with E-state index in [-0.39, 0.29) is 11.1 Å². The number of amides is 1. The van der Waals surface area contributed by atoms with Crippen LogP contribution in [0.25, 0.3) is 0 Å². The molecule has 0 aliphatic carbocycles. The van der Waals surface area contributed by atoms with Gasteiger partial charge in [0.25, 0.3) is 5.91 Å². The summed E-state index contributed by atoms with van der Waals surface area (Å²) in [5.41, 5.74) is 0.782. The Morgan fingerprint density at radius 3 is 2.52 bits per heavy atom. The average molecular weight is 331 g/mol. The summed E-state index contributed by atoms with van der Waals surface area (Å²) >= 11 is 5.99.